The normalized spacial score (nSPS) is 16.8. The van der Waals surface area contributed by atoms with Gasteiger partial charge in [0.05, 0.1) is 0 Å². The highest BCUT2D eigenvalue weighted by atomic mass is 32.2. The molecule has 1 atom stereocenters. The quantitative estimate of drug-likeness (QED) is 0.673. The Labute approximate surface area is 137 Å². The first-order valence-electron chi connectivity index (χ1n) is 7.33. The van der Waals surface area contributed by atoms with Crippen molar-refractivity contribution in [1.82, 2.24) is 0 Å². The maximum atomic E-state index is 10.8. The Kier molecular flexibility index (Phi) is 7.71. The van der Waals surface area contributed by atoms with Crippen LogP contribution in [0.3, 0.4) is 0 Å². The lowest BCUT2D eigenvalue weighted by Crippen LogP contribution is -2.18. The van der Waals surface area contributed by atoms with E-state index in [1.165, 1.54) is 6.08 Å². The van der Waals surface area contributed by atoms with Crippen LogP contribution in [0.5, 0.6) is 0 Å². The lowest BCUT2D eigenvalue weighted by molar-refractivity contribution is -0.144. The van der Waals surface area contributed by atoms with Crippen LogP contribution in [0.2, 0.25) is 0 Å². The molecule has 1 aliphatic rings. The Balaban J connectivity index is 0.000000231. The molecule has 0 bridgehead atoms. The first-order valence-corrected chi connectivity index (χ1v) is 8.84. The van der Waals surface area contributed by atoms with Crippen LogP contribution >= 0.6 is 0 Å². The Morgan fingerprint density at radius 2 is 1.96 bits per heavy atom. The smallest absolute Gasteiger partial charge is 0.305 e. The summed E-state index contributed by atoms with van der Waals surface area (Å²) >= 11 is 0. The number of carbonyl (C=O) groups excluding carboxylic acids is 1. The molecule has 126 valence electrons. The Morgan fingerprint density at radius 3 is 2.43 bits per heavy atom. The zero-order valence-corrected chi connectivity index (χ0v) is 14.1. The van der Waals surface area contributed by atoms with Crippen LogP contribution in [-0.4, -0.2) is 24.2 Å². The number of hydrogen-bond donors (Lipinski definition) is 1. The van der Waals surface area contributed by atoms with E-state index >= 15 is 0 Å². The second-order valence-electron chi connectivity index (χ2n) is 5.10. The molecule has 6 heteroatoms. The molecule has 1 N–H and O–H groups in total. The van der Waals surface area contributed by atoms with E-state index < -0.39 is 15.4 Å². The van der Waals surface area contributed by atoms with E-state index in [4.69, 9.17) is 9.29 Å². The molecule has 0 saturated carbocycles. The SMILES string of the molecule is CC1=CCC(S(=O)(=O)O)C=C1.CCC(=O)OCc1ccccc1. The summed E-state index contributed by atoms with van der Waals surface area (Å²) in [6.07, 6.45) is 5.80. The van der Waals surface area contributed by atoms with Crippen molar-refractivity contribution in [2.45, 2.75) is 38.5 Å². The van der Waals surface area contributed by atoms with Gasteiger partial charge in [-0.3, -0.25) is 9.35 Å². The van der Waals surface area contributed by atoms with E-state index in [0.29, 0.717) is 19.4 Å². The number of hydrogen-bond acceptors (Lipinski definition) is 4. The highest BCUT2D eigenvalue weighted by Crippen LogP contribution is 2.15. The summed E-state index contributed by atoms with van der Waals surface area (Å²) in [5, 5.41) is -0.744. The zero-order valence-electron chi connectivity index (χ0n) is 13.3. The summed E-state index contributed by atoms with van der Waals surface area (Å²) in [6, 6.07) is 9.65. The highest BCUT2D eigenvalue weighted by Gasteiger charge is 2.19. The molecule has 0 aliphatic heterocycles. The fourth-order valence-electron chi connectivity index (χ4n) is 1.77. The topological polar surface area (TPSA) is 80.7 Å². The minimum Gasteiger partial charge on any atom is -0.461 e. The molecule has 0 amide bonds. The monoisotopic (exact) mass is 338 g/mol. The van der Waals surface area contributed by atoms with Crippen molar-refractivity contribution in [3.8, 4) is 0 Å². The molecule has 0 heterocycles. The van der Waals surface area contributed by atoms with Gasteiger partial charge in [0, 0.05) is 6.42 Å². The van der Waals surface area contributed by atoms with Gasteiger partial charge in [-0.15, -0.1) is 0 Å². The number of carbonyl (C=O) groups is 1. The summed E-state index contributed by atoms with van der Waals surface area (Å²) in [6.45, 7) is 4.05. The molecule has 0 radical (unpaired) electrons. The van der Waals surface area contributed by atoms with Gasteiger partial charge < -0.3 is 4.74 Å². The van der Waals surface area contributed by atoms with E-state index in [1.54, 1.807) is 19.1 Å². The first kappa shape index (κ1) is 19.1. The molecule has 1 aliphatic carbocycles. The van der Waals surface area contributed by atoms with Crippen molar-refractivity contribution in [1.29, 1.82) is 0 Å². The molecule has 2 rings (SSSR count). The molecule has 0 fully saturated rings. The molecule has 0 spiro atoms. The van der Waals surface area contributed by atoms with Crippen molar-refractivity contribution in [3.63, 3.8) is 0 Å². The fourth-order valence-corrected chi connectivity index (χ4v) is 2.39. The second-order valence-corrected chi connectivity index (χ2v) is 6.73. The molecule has 0 aromatic heterocycles. The van der Waals surface area contributed by atoms with E-state index in [9.17, 15) is 13.2 Å². The Hall–Kier alpha value is -1.92. The molecule has 1 aromatic carbocycles. The third kappa shape index (κ3) is 7.76. The Bertz CT molecular complexity index is 659. The van der Waals surface area contributed by atoms with Crippen LogP contribution in [0, 0.1) is 0 Å². The van der Waals surface area contributed by atoms with Crippen molar-refractivity contribution < 1.29 is 22.5 Å². The molecule has 23 heavy (non-hydrogen) atoms. The van der Waals surface area contributed by atoms with E-state index in [-0.39, 0.29) is 5.97 Å². The number of rotatable bonds is 4. The van der Waals surface area contributed by atoms with Crippen molar-refractivity contribution in [3.05, 3.63) is 59.7 Å². The van der Waals surface area contributed by atoms with Crippen LogP contribution in [-0.2, 0) is 26.3 Å². The van der Waals surface area contributed by atoms with Gasteiger partial charge in [0.2, 0.25) is 0 Å². The molecule has 1 aromatic rings. The Morgan fingerprint density at radius 1 is 1.30 bits per heavy atom. The van der Waals surface area contributed by atoms with Crippen LogP contribution in [0.4, 0.5) is 0 Å². The van der Waals surface area contributed by atoms with Gasteiger partial charge in [0.15, 0.2) is 0 Å². The van der Waals surface area contributed by atoms with Gasteiger partial charge in [-0.1, -0.05) is 61.1 Å². The number of allylic oxidation sites excluding steroid dienone is 3. The number of esters is 1. The standard InChI is InChI=1S/C10H12O2.C7H10O3S/c1-2-10(11)12-8-9-6-4-3-5-7-9;1-6-2-4-7(5-3-6)11(8,9)10/h3-7H,2,8H2,1H3;2-4,7H,5H2,1H3,(H,8,9,10). The first-order chi connectivity index (χ1) is 10.8. The largest absolute Gasteiger partial charge is 0.461 e. The average molecular weight is 338 g/mol. The maximum absolute atomic E-state index is 10.8. The van der Waals surface area contributed by atoms with E-state index in [1.807, 2.05) is 37.3 Å². The summed E-state index contributed by atoms with van der Waals surface area (Å²) in [7, 11) is -3.88. The van der Waals surface area contributed by atoms with Crippen LogP contribution < -0.4 is 0 Å². The van der Waals surface area contributed by atoms with E-state index in [0.717, 1.165) is 11.1 Å². The molecule has 0 saturated heterocycles. The minimum atomic E-state index is -3.88. The second kappa shape index (κ2) is 9.27. The van der Waals surface area contributed by atoms with Crippen LogP contribution in [0.25, 0.3) is 0 Å². The number of benzene rings is 1. The lowest BCUT2D eigenvalue weighted by Gasteiger charge is -2.10. The zero-order chi connectivity index (χ0) is 17.3. The molecule has 5 nitrogen and oxygen atoms in total. The van der Waals surface area contributed by atoms with Gasteiger partial charge in [-0.25, -0.2) is 0 Å². The third-order valence-corrected chi connectivity index (χ3v) is 4.27. The predicted octanol–water partition coefficient (Wildman–Crippen LogP) is 3.29. The highest BCUT2D eigenvalue weighted by molar-refractivity contribution is 7.86. The van der Waals surface area contributed by atoms with Gasteiger partial charge in [-0.05, 0) is 18.9 Å². The summed E-state index contributed by atoms with van der Waals surface area (Å²) in [4.78, 5) is 10.8. The molecular weight excluding hydrogens is 316 g/mol. The fraction of sp³-hybridized carbons (Fsp3) is 0.353. The summed E-state index contributed by atoms with van der Waals surface area (Å²) < 4.78 is 34.7. The van der Waals surface area contributed by atoms with Crippen molar-refractivity contribution in [2.24, 2.45) is 0 Å². The third-order valence-electron chi connectivity index (χ3n) is 3.16. The maximum Gasteiger partial charge on any atom is 0.305 e. The summed E-state index contributed by atoms with van der Waals surface area (Å²) in [5.74, 6) is -0.154. The van der Waals surface area contributed by atoms with Gasteiger partial charge in [-0.2, -0.15) is 8.42 Å². The van der Waals surface area contributed by atoms with E-state index in [2.05, 4.69) is 0 Å². The van der Waals surface area contributed by atoms with Gasteiger partial charge in [0.1, 0.15) is 11.9 Å². The lowest BCUT2D eigenvalue weighted by atomic mass is 10.1. The predicted molar refractivity (Wildman–Crippen MR) is 89.4 cm³/mol. The number of ether oxygens (including phenoxy) is 1. The van der Waals surface area contributed by atoms with Crippen LogP contribution in [0.1, 0.15) is 32.3 Å². The van der Waals surface area contributed by atoms with Gasteiger partial charge in [0.25, 0.3) is 10.1 Å². The van der Waals surface area contributed by atoms with Crippen molar-refractivity contribution in [2.75, 3.05) is 0 Å². The van der Waals surface area contributed by atoms with Crippen LogP contribution in [0.15, 0.2) is 54.1 Å². The van der Waals surface area contributed by atoms with Gasteiger partial charge >= 0.3 is 5.97 Å². The molecular formula is C17H22O5S. The minimum absolute atomic E-state index is 0.154. The average Bonchev–Trinajstić information content (AvgIpc) is 2.53. The summed E-state index contributed by atoms with van der Waals surface area (Å²) in [5.41, 5.74) is 2.06. The van der Waals surface area contributed by atoms with Crippen molar-refractivity contribution >= 4 is 16.1 Å². The molecule has 1 unspecified atom stereocenters.